The van der Waals surface area contributed by atoms with Crippen LogP contribution in [0.1, 0.15) is 38.3 Å². The summed E-state index contributed by atoms with van der Waals surface area (Å²) in [7, 11) is 3.96. The minimum atomic E-state index is -0.406. The first-order valence-corrected chi connectivity index (χ1v) is 18.5. The molecule has 0 spiro atoms. The van der Waals surface area contributed by atoms with Gasteiger partial charge in [0.15, 0.2) is 0 Å². The maximum absolute atomic E-state index is 13.7. The Hall–Kier alpha value is -5.54. The maximum Gasteiger partial charge on any atom is 0.260 e. The fourth-order valence-electron chi connectivity index (χ4n) is 6.88. The number of likely N-dealkylation sites (N-methyl/N-ethyl adjacent to an activating group) is 2. The number of amides is 2. The van der Waals surface area contributed by atoms with Crippen molar-refractivity contribution >= 4 is 55.4 Å². The second-order valence-electron chi connectivity index (χ2n) is 14.1. The summed E-state index contributed by atoms with van der Waals surface area (Å²) < 4.78 is 3.11. The molecular formula is C41H48N8O6. The van der Waals surface area contributed by atoms with Gasteiger partial charge in [-0.05, 0) is 70.7 Å². The van der Waals surface area contributed by atoms with Crippen molar-refractivity contribution in [3.8, 4) is 0 Å². The largest absolute Gasteiger partial charge is 0.395 e. The number of carbonyl (C=O) groups excluding carboxylic acids is 2. The van der Waals surface area contributed by atoms with Crippen LogP contribution < -0.4 is 21.8 Å². The lowest BCUT2D eigenvalue weighted by Gasteiger charge is -2.21. The van der Waals surface area contributed by atoms with Gasteiger partial charge in [-0.25, -0.2) is 9.97 Å². The van der Waals surface area contributed by atoms with E-state index in [1.807, 2.05) is 64.3 Å². The van der Waals surface area contributed by atoms with Gasteiger partial charge in [-0.15, -0.1) is 0 Å². The van der Waals surface area contributed by atoms with Crippen LogP contribution in [0.4, 0.5) is 0 Å². The Bertz CT molecular complexity index is 2340. The number of benzene rings is 2. The van der Waals surface area contributed by atoms with Crippen LogP contribution in [0.5, 0.6) is 0 Å². The van der Waals surface area contributed by atoms with E-state index in [-0.39, 0.29) is 48.5 Å². The van der Waals surface area contributed by atoms with Crippen molar-refractivity contribution in [3.63, 3.8) is 0 Å². The van der Waals surface area contributed by atoms with Crippen molar-refractivity contribution in [1.29, 1.82) is 0 Å². The van der Waals surface area contributed by atoms with Gasteiger partial charge in [0.05, 0.1) is 57.2 Å². The summed E-state index contributed by atoms with van der Waals surface area (Å²) in [5.41, 5.74) is 4.11. The number of carbonyl (C=O) groups is 2. The molecule has 14 heteroatoms. The van der Waals surface area contributed by atoms with Crippen molar-refractivity contribution in [2.45, 2.75) is 33.4 Å². The molecule has 4 aromatic heterocycles. The number of para-hydroxylation sites is 2. The fraction of sp³-hybridized carbons (Fsp3) is 0.366. The summed E-state index contributed by atoms with van der Waals surface area (Å²) in [6.07, 6.45) is 3.94. The van der Waals surface area contributed by atoms with E-state index < -0.39 is 11.8 Å². The molecule has 2 amide bonds. The standard InChI is InChI=1S/C41H48N8O6/c1-26-8-5-10-28-22-30-36(44-34(26)28)32(38(52)42-12-20-50)24-48(40(30)54)18-16-46(3)14-7-15-47(4)17-19-49-25-33(39(53)43-13-21-51)37-31(41(49)55)23-29-11-6-9-27(2)35(29)45-37/h5-6,8-11,22-25,50-51H,7,12-21H2,1-4H3,(H,42,52)(H,43,53). The lowest BCUT2D eigenvalue weighted by Crippen LogP contribution is -2.34. The van der Waals surface area contributed by atoms with Gasteiger partial charge < -0.3 is 39.8 Å². The zero-order valence-corrected chi connectivity index (χ0v) is 31.8. The monoisotopic (exact) mass is 748 g/mol. The Balaban J connectivity index is 1.11. The Morgan fingerprint density at radius 3 is 1.47 bits per heavy atom. The summed E-state index contributed by atoms with van der Waals surface area (Å²) >= 11 is 0. The number of rotatable bonds is 16. The Morgan fingerprint density at radius 1 is 0.655 bits per heavy atom. The van der Waals surface area contributed by atoms with E-state index in [2.05, 4.69) is 20.4 Å². The van der Waals surface area contributed by atoms with E-state index in [4.69, 9.17) is 9.97 Å². The summed E-state index contributed by atoms with van der Waals surface area (Å²) in [5.74, 6) is -0.811. The van der Waals surface area contributed by atoms with Gasteiger partial charge in [-0.3, -0.25) is 19.2 Å². The SMILES string of the molecule is Cc1cccc2cc3c(=O)n(CCN(C)CCCN(C)CCn4cc(C(=O)NCCO)c5nc6c(C)cccc6cc5c4=O)cc(C(=O)NCCO)c3nc12. The highest BCUT2D eigenvalue weighted by atomic mass is 16.3. The second-order valence-corrected chi connectivity index (χ2v) is 14.1. The van der Waals surface area contributed by atoms with Crippen LogP contribution in [-0.4, -0.2) is 118 Å². The number of pyridine rings is 4. The van der Waals surface area contributed by atoms with E-state index in [0.717, 1.165) is 52.4 Å². The van der Waals surface area contributed by atoms with E-state index in [1.165, 1.54) is 0 Å². The van der Waals surface area contributed by atoms with Gasteiger partial charge in [0.25, 0.3) is 22.9 Å². The normalized spacial score (nSPS) is 11.8. The molecule has 0 fully saturated rings. The molecule has 288 valence electrons. The number of nitrogens with one attached hydrogen (secondary N) is 2. The number of aromatic nitrogens is 4. The van der Waals surface area contributed by atoms with Gasteiger partial charge in [0.2, 0.25) is 0 Å². The number of aliphatic hydroxyl groups excluding tert-OH is 2. The van der Waals surface area contributed by atoms with Crippen LogP contribution >= 0.6 is 0 Å². The molecule has 0 saturated carbocycles. The van der Waals surface area contributed by atoms with E-state index in [1.54, 1.807) is 33.7 Å². The molecule has 0 saturated heterocycles. The Morgan fingerprint density at radius 2 is 1.07 bits per heavy atom. The molecule has 14 nitrogen and oxygen atoms in total. The minimum absolute atomic E-state index is 0.0838. The molecule has 55 heavy (non-hydrogen) atoms. The smallest absolute Gasteiger partial charge is 0.260 e. The highest BCUT2D eigenvalue weighted by Crippen LogP contribution is 2.24. The number of hydrogen-bond donors (Lipinski definition) is 4. The van der Waals surface area contributed by atoms with Gasteiger partial charge in [0.1, 0.15) is 0 Å². The highest BCUT2D eigenvalue weighted by molar-refractivity contribution is 6.08. The van der Waals surface area contributed by atoms with Crippen molar-refractivity contribution in [2.24, 2.45) is 0 Å². The number of fused-ring (bicyclic) bond motifs is 4. The van der Waals surface area contributed by atoms with Crippen molar-refractivity contribution < 1.29 is 19.8 Å². The lowest BCUT2D eigenvalue weighted by atomic mass is 10.1. The number of nitrogens with zero attached hydrogens (tertiary/aromatic N) is 6. The highest BCUT2D eigenvalue weighted by Gasteiger charge is 2.20. The minimum Gasteiger partial charge on any atom is -0.395 e. The average Bonchev–Trinajstić information content (AvgIpc) is 3.18. The molecule has 0 aliphatic carbocycles. The van der Waals surface area contributed by atoms with Crippen LogP contribution in [0.15, 0.2) is 70.5 Å². The van der Waals surface area contributed by atoms with Crippen LogP contribution in [0.3, 0.4) is 0 Å². The zero-order chi connectivity index (χ0) is 39.2. The van der Waals surface area contributed by atoms with Crippen molar-refractivity contribution in [2.75, 3.05) is 66.6 Å². The fourth-order valence-corrected chi connectivity index (χ4v) is 6.88. The third-order valence-electron chi connectivity index (χ3n) is 9.97. The lowest BCUT2D eigenvalue weighted by molar-refractivity contribution is 0.0938. The zero-order valence-electron chi connectivity index (χ0n) is 31.8. The summed E-state index contributed by atoms with van der Waals surface area (Å²) in [6, 6.07) is 15.1. The van der Waals surface area contributed by atoms with Crippen molar-refractivity contribution in [1.82, 2.24) is 39.5 Å². The van der Waals surface area contributed by atoms with Gasteiger partial charge >= 0.3 is 0 Å². The molecule has 4 heterocycles. The van der Waals surface area contributed by atoms with E-state index in [0.29, 0.717) is 48.0 Å². The molecule has 0 unspecified atom stereocenters. The van der Waals surface area contributed by atoms with Crippen LogP contribution in [0.2, 0.25) is 0 Å². The number of hydrogen-bond acceptors (Lipinski definition) is 10. The first-order valence-electron chi connectivity index (χ1n) is 18.5. The molecule has 6 aromatic rings. The second kappa shape index (κ2) is 17.3. The summed E-state index contributed by atoms with van der Waals surface area (Å²) in [5, 5.41) is 26.3. The number of aliphatic hydroxyl groups is 2. The topological polar surface area (TPSA) is 175 Å². The van der Waals surface area contributed by atoms with Gasteiger partial charge in [0, 0.05) is 62.4 Å². The average molecular weight is 749 g/mol. The van der Waals surface area contributed by atoms with Gasteiger partial charge in [-0.1, -0.05) is 36.4 Å². The molecule has 0 aliphatic heterocycles. The summed E-state index contributed by atoms with van der Waals surface area (Å²) in [4.78, 5) is 67.5. The van der Waals surface area contributed by atoms with E-state index >= 15 is 0 Å². The van der Waals surface area contributed by atoms with Crippen LogP contribution in [-0.2, 0) is 13.1 Å². The predicted molar refractivity (Wildman–Crippen MR) is 215 cm³/mol. The molecule has 4 N–H and O–H groups in total. The first kappa shape index (κ1) is 39.2. The third kappa shape index (κ3) is 8.57. The molecule has 0 bridgehead atoms. The quantitative estimate of drug-likeness (QED) is 0.108. The molecular weight excluding hydrogens is 701 g/mol. The Kier molecular flexibility index (Phi) is 12.3. The van der Waals surface area contributed by atoms with E-state index in [9.17, 15) is 29.4 Å². The maximum atomic E-state index is 13.7. The molecule has 0 atom stereocenters. The van der Waals surface area contributed by atoms with Crippen molar-refractivity contribution in [3.05, 3.63) is 104 Å². The third-order valence-corrected chi connectivity index (χ3v) is 9.97. The van der Waals surface area contributed by atoms with Gasteiger partial charge in [-0.2, -0.15) is 0 Å². The van der Waals surface area contributed by atoms with Crippen LogP contribution in [0, 0.1) is 13.8 Å². The van der Waals surface area contributed by atoms with Crippen LogP contribution in [0.25, 0.3) is 43.6 Å². The molecule has 6 rings (SSSR count). The number of aryl methyl sites for hydroxylation is 2. The summed E-state index contributed by atoms with van der Waals surface area (Å²) in [6.45, 7) is 6.94. The molecule has 2 aromatic carbocycles. The first-order chi connectivity index (χ1) is 26.5. The molecule has 0 radical (unpaired) electrons. The Labute approximate surface area is 318 Å². The molecule has 0 aliphatic rings. The predicted octanol–water partition coefficient (Wildman–Crippen LogP) is 2.43.